The van der Waals surface area contributed by atoms with Crippen molar-refractivity contribution in [3.05, 3.63) is 0 Å². The number of carbonyl (C=O) groups is 1. The summed E-state index contributed by atoms with van der Waals surface area (Å²) >= 11 is 0. The summed E-state index contributed by atoms with van der Waals surface area (Å²) in [6.45, 7) is 3.65. The number of ether oxygens (including phenoxy) is 2. The first kappa shape index (κ1) is 19.6. The molecule has 0 heterocycles. The van der Waals surface area contributed by atoms with Crippen LogP contribution in [0.4, 0.5) is 0 Å². The van der Waals surface area contributed by atoms with E-state index in [-0.39, 0.29) is 30.5 Å². The molecular weight excluding hydrogens is 280 g/mol. The lowest BCUT2D eigenvalue weighted by molar-refractivity contribution is -0.126. The molecule has 0 aliphatic heterocycles. The highest BCUT2D eigenvalue weighted by Gasteiger charge is 2.33. The van der Waals surface area contributed by atoms with Gasteiger partial charge < -0.3 is 20.5 Å². The van der Waals surface area contributed by atoms with Crippen molar-refractivity contribution in [2.75, 3.05) is 26.9 Å². The Morgan fingerprint density at radius 1 is 1.35 bits per heavy atom. The van der Waals surface area contributed by atoms with E-state index in [2.05, 4.69) is 12.2 Å². The van der Waals surface area contributed by atoms with Gasteiger partial charge >= 0.3 is 0 Å². The smallest absolute Gasteiger partial charge is 0.239 e. The zero-order valence-corrected chi connectivity index (χ0v) is 13.5. The van der Waals surface area contributed by atoms with Crippen LogP contribution >= 0.6 is 12.4 Å². The van der Waals surface area contributed by atoms with Crippen molar-refractivity contribution in [3.8, 4) is 0 Å². The number of methoxy groups -OCH3 is 1. The lowest BCUT2D eigenvalue weighted by atomic mass is 9.84. The standard InChI is InChI=1S/C14H28N2O3.ClH/c1-3-9-19-14(7-5-4-6-8-14)11-16-13(17)12(15)10-18-2;/h12H,3-11,15H2,1-2H3,(H,16,17);1H. The van der Waals surface area contributed by atoms with Crippen LogP contribution in [0.1, 0.15) is 45.4 Å². The van der Waals surface area contributed by atoms with E-state index in [0.29, 0.717) is 6.54 Å². The molecule has 1 unspecified atom stereocenters. The molecule has 1 aliphatic rings. The summed E-state index contributed by atoms with van der Waals surface area (Å²) in [5.74, 6) is -0.160. The maximum Gasteiger partial charge on any atom is 0.239 e. The Morgan fingerprint density at radius 2 is 2.00 bits per heavy atom. The zero-order valence-electron chi connectivity index (χ0n) is 12.7. The molecule has 0 radical (unpaired) electrons. The van der Waals surface area contributed by atoms with Gasteiger partial charge in [-0.25, -0.2) is 0 Å². The lowest BCUT2D eigenvalue weighted by Gasteiger charge is -2.37. The number of nitrogens with two attached hydrogens (primary N) is 1. The third kappa shape index (κ3) is 6.39. The highest BCUT2D eigenvalue weighted by atomic mass is 35.5. The van der Waals surface area contributed by atoms with E-state index in [1.165, 1.54) is 19.3 Å². The Bertz CT molecular complexity index is 271. The predicted molar refractivity (Wildman–Crippen MR) is 82.2 cm³/mol. The predicted octanol–water partition coefficient (Wildman–Crippen LogP) is 1.63. The number of nitrogens with one attached hydrogen (secondary N) is 1. The molecule has 0 spiro atoms. The van der Waals surface area contributed by atoms with Crippen molar-refractivity contribution in [1.82, 2.24) is 5.32 Å². The van der Waals surface area contributed by atoms with Crippen molar-refractivity contribution >= 4 is 18.3 Å². The van der Waals surface area contributed by atoms with Crippen molar-refractivity contribution in [2.45, 2.75) is 57.1 Å². The molecule has 1 rings (SSSR count). The fourth-order valence-electron chi connectivity index (χ4n) is 2.52. The number of halogens is 1. The minimum absolute atomic E-state index is 0. The monoisotopic (exact) mass is 308 g/mol. The molecule has 1 aliphatic carbocycles. The van der Waals surface area contributed by atoms with Gasteiger partial charge in [0.2, 0.25) is 5.91 Å². The molecule has 6 heteroatoms. The first-order valence-corrected chi connectivity index (χ1v) is 7.30. The third-order valence-corrected chi connectivity index (χ3v) is 3.64. The largest absolute Gasteiger partial charge is 0.383 e. The summed E-state index contributed by atoms with van der Waals surface area (Å²) in [5.41, 5.74) is 5.52. The van der Waals surface area contributed by atoms with E-state index >= 15 is 0 Å². The van der Waals surface area contributed by atoms with Gasteiger partial charge in [0.1, 0.15) is 6.04 Å². The lowest BCUT2D eigenvalue weighted by Crippen LogP contribution is -2.51. The fraction of sp³-hybridized carbons (Fsp3) is 0.929. The molecule has 0 aromatic rings. The molecule has 0 aromatic carbocycles. The molecule has 0 saturated heterocycles. The van der Waals surface area contributed by atoms with Crippen LogP contribution in [0.5, 0.6) is 0 Å². The number of rotatable bonds is 8. The minimum atomic E-state index is -0.600. The Morgan fingerprint density at radius 3 is 2.55 bits per heavy atom. The molecular formula is C14H29ClN2O3. The topological polar surface area (TPSA) is 73.6 Å². The number of hydrogen-bond acceptors (Lipinski definition) is 4. The van der Waals surface area contributed by atoms with E-state index in [1.807, 2.05) is 0 Å². The first-order valence-electron chi connectivity index (χ1n) is 7.30. The Kier molecular flexibility index (Phi) is 10.2. The van der Waals surface area contributed by atoms with Gasteiger partial charge in [0, 0.05) is 20.3 Å². The van der Waals surface area contributed by atoms with E-state index in [0.717, 1.165) is 25.9 Å². The average Bonchev–Trinajstić information content (AvgIpc) is 2.44. The molecule has 1 fully saturated rings. The molecule has 0 bridgehead atoms. The highest BCUT2D eigenvalue weighted by Crippen LogP contribution is 2.31. The van der Waals surface area contributed by atoms with E-state index < -0.39 is 6.04 Å². The van der Waals surface area contributed by atoms with E-state index in [4.69, 9.17) is 15.2 Å². The second-order valence-corrected chi connectivity index (χ2v) is 5.37. The number of amides is 1. The quantitative estimate of drug-likeness (QED) is 0.715. The Labute approximate surface area is 128 Å². The fourth-order valence-corrected chi connectivity index (χ4v) is 2.52. The molecule has 0 aromatic heterocycles. The second kappa shape index (κ2) is 10.4. The summed E-state index contributed by atoms with van der Waals surface area (Å²) in [4.78, 5) is 11.8. The maximum absolute atomic E-state index is 11.8. The van der Waals surface area contributed by atoms with Gasteiger partial charge in [-0.2, -0.15) is 0 Å². The normalized spacial score (nSPS) is 18.9. The first-order chi connectivity index (χ1) is 9.13. The van der Waals surface area contributed by atoms with Gasteiger partial charge in [0.05, 0.1) is 12.2 Å². The van der Waals surface area contributed by atoms with E-state index in [9.17, 15) is 4.79 Å². The second-order valence-electron chi connectivity index (χ2n) is 5.37. The molecule has 20 heavy (non-hydrogen) atoms. The summed E-state index contributed by atoms with van der Waals surface area (Å²) in [7, 11) is 1.54. The van der Waals surface area contributed by atoms with E-state index in [1.54, 1.807) is 7.11 Å². The van der Waals surface area contributed by atoms with Crippen molar-refractivity contribution in [3.63, 3.8) is 0 Å². The molecule has 120 valence electrons. The van der Waals surface area contributed by atoms with Crippen LogP contribution in [0.2, 0.25) is 0 Å². The van der Waals surface area contributed by atoms with Gasteiger partial charge in [0.25, 0.3) is 0 Å². The van der Waals surface area contributed by atoms with Crippen LogP contribution in [0.15, 0.2) is 0 Å². The summed E-state index contributed by atoms with van der Waals surface area (Å²) in [6, 6.07) is -0.600. The van der Waals surface area contributed by atoms with Crippen molar-refractivity contribution < 1.29 is 14.3 Å². The van der Waals surface area contributed by atoms with Crippen molar-refractivity contribution in [2.24, 2.45) is 5.73 Å². The molecule has 1 saturated carbocycles. The number of hydrogen-bond donors (Lipinski definition) is 2. The van der Waals surface area contributed by atoms with Crippen LogP contribution < -0.4 is 11.1 Å². The zero-order chi connectivity index (χ0) is 14.1. The SMILES string of the molecule is CCCOC1(CNC(=O)C(N)COC)CCCCC1.Cl. The van der Waals surface area contributed by atoms with Crippen LogP contribution in [0, 0.1) is 0 Å². The van der Waals surface area contributed by atoms with Gasteiger partial charge in [-0.15, -0.1) is 12.4 Å². The minimum Gasteiger partial charge on any atom is -0.383 e. The van der Waals surface area contributed by atoms with Crippen molar-refractivity contribution in [1.29, 1.82) is 0 Å². The van der Waals surface area contributed by atoms with Gasteiger partial charge in [-0.1, -0.05) is 26.2 Å². The van der Waals surface area contributed by atoms with Gasteiger partial charge in [-0.05, 0) is 19.3 Å². The summed E-state index contributed by atoms with van der Waals surface area (Å²) in [5, 5.41) is 2.92. The molecule has 1 atom stereocenters. The molecule has 3 N–H and O–H groups in total. The van der Waals surface area contributed by atoms with Crippen LogP contribution in [-0.4, -0.2) is 44.4 Å². The average molecular weight is 309 g/mol. The molecule has 5 nitrogen and oxygen atoms in total. The van der Waals surface area contributed by atoms with Gasteiger partial charge in [-0.3, -0.25) is 4.79 Å². The summed E-state index contributed by atoms with van der Waals surface area (Å²) < 4.78 is 10.9. The summed E-state index contributed by atoms with van der Waals surface area (Å²) in [6.07, 6.45) is 6.64. The Balaban J connectivity index is 0.00000361. The van der Waals surface area contributed by atoms with Crippen LogP contribution in [0.3, 0.4) is 0 Å². The third-order valence-electron chi connectivity index (χ3n) is 3.64. The maximum atomic E-state index is 11.8. The number of carbonyl (C=O) groups excluding carboxylic acids is 1. The highest BCUT2D eigenvalue weighted by molar-refractivity contribution is 5.85. The Hall–Kier alpha value is -0.360. The van der Waals surface area contributed by atoms with Gasteiger partial charge in [0.15, 0.2) is 0 Å². The molecule has 1 amide bonds. The van der Waals surface area contributed by atoms with Crippen LogP contribution in [-0.2, 0) is 14.3 Å². The van der Waals surface area contributed by atoms with Crippen LogP contribution in [0.25, 0.3) is 0 Å².